The number of hydrogen-bond acceptors (Lipinski definition) is 3. The van der Waals surface area contributed by atoms with Gasteiger partial charge < -0.3 is 14.6 Å². The number of alkyl halides is 3. The molecule has 0 aliphatic carbocycles. The predicted octanol–water partition coefficient (Wildman–Crippen LogP) is 4.06. The van der Waals surface area contributed by atoms with Crippen molar-refractivity contribution in [3.05, 3.63) is 64.2 Å². The Hall–Kier alpha value is -1.67. The van der Waals surface area contributed by atoms with Gasteiger partial charge >= 0.3 is 41.7 Å². The number of halogens is 4. The van der Waals surface area contributed by atoms with E-state index in [-0.39, 0.29) is 58.2 Å². The molecule has 0 aromatic heterocycles. The van der Waals surface area contributed by atoms with Crippen LogP contribution in [0.1, 0.15) is 11.1 Å². The van der Waals surface area contributed by atoms with E-state index >= 15 is 0 Å². The van der Waals surface area contributed by atoms with Crippen molar-refractivity contribution in [1.82, 2.24) is 0 Å². The van der Waals surface area contributed by atoms with Gasteiger partial charge in [0.1, 0.15) is 18.1 Å². The Morgan fingerprint density at radius 3 is 2.48 bits per heavy atom. The summed E-state index contributed by atoms with van der Waals surface area (Å²) in [5.74, 6) is -1.66. The molecule has 0 amide bonds. The Kier molecular flexibility index (Phi) is 6.86. The molecular weight excluding hydrogens is 396 g/mol. The molecule has 0 radical (unpaired) electrons. The number of ether oxygens (including phenoxy) is 2. The van der Waals surface area contributed by atoms with Crippen molar-refractivity contribution in [2.24, 2.45) is 0 Å². The van der Waals surface area contributed by atoms with Crippen LogP contribution in [0.25, 0.3) is 6.08 Å². The number of fused-ring (bicyclic) bond motifs is 1. The molecule has 4 nitrogen and oxygen atoms in total. The van der Waals surface area contributed by atoms with Gasteiger partial charge in [-0.05, 0) is 17.7 Å². The molecule has 1 N–H and O–H groups in total. The summed E-state index contributed by atoms with van der Waals surface area (Å²) in [5.41, 5.74) is 0.0798. The number of carboxylic acids is 1. The SMILES string of the molecule is O=C(O)C1=Cc2cc(OCc3ccccc3)cc(Cl)c2OC1C(F)(F)F.[NaH]. The number of aliphatic carboxylic acids is 1. The molecule has 0 bridgehead atoms. The topological polar surface area (TPSA) is 55.8 Å². The van der Waals surface area contributed by atoms with Crippen LogP contribution in [0, 0.1) is 0 Å². The van der Waals surface area contributed by atoms with Crippen LogP contribution in [-0.2, 0) is 11.4 Å². The van der Waals surface area contributed by atoms with Gasteiger partial charge in [0.25, 0.3) is 0 Å². The van der Waals surface area contributed by atoms with Crippen molar-refractivity contribution in [2.45, 2.75) is 18.9 Å². The number of hydrogen-bond donors (Lipinski definition) is 1. The average molecular weight is 409 g/mol. The van der Waals surface area contributed by atoms with E-state index < -0.39 is 23.8 Å². The van der Waals surface area contributed by atoms with Gasteiger partial charge in [0.15, 0.2) is 0 Å². The third kappa shape index (κ3) is 4.99. The minimum atomic E-state index is -4.88. The molecule has 3 rings (SSSR count). The molecule has 2 aromatic rings. The first-order valence-electron chi connectivity index (χ1n) is 7.44. The predicted molar refractivity (Wildman–Crippen MR) is 95.5 cm³/mol. The van der Waals surface area contributed by atoms with Crippen LogP contribution >= 0.6 is 11.6 Å². The Balaban J connectivity index is 0.00000261. The van der Waals surface area contributed by atoms with Gasteiger partial charge in [0.05, 0.1) is 10.6 Å². The third-order valence-corrected chi connectivity index (χ3v) is 3.95. The monoisotopic (exact) mass is 408 g/mol. The van der Waals surface area contributed by atoms with Crippen LogP contribution in [0.15, 0.2) is 48.0 Å². The molecule has 2 aromatic carbocycles. The number of benzene rings is 2. The fourth-order valence-electron chi connectivity index (χ4n) is 2.49. The normalized spacial score (nSPS) is 15.7. The first kappa shape index (κ1) is 21.6. The Bertz CT molecular complexity index is 869. The number of rotatable bonds is 4. The number of carboxylic acid groups (broad SMARTS) is 1. The van der Waals surface area contributed by atoms with E-state index in [1.165, 1.54) is 12.1 Å². The van der Waals surface area contributed by atoms with Gasteiger partial charge in [-0.25, -0.2) is 4.79 Å². The van der Waals surface area contributed by atoms with Crippen molar-refractivity contribution in [3.63, 3.8) is 0 Å². The zero-order valence-electron chi connectivity index (χ0n) is 13.1. The molecule has 1 unspecified atom stereocenters. The van der Waals surface area contributed by atoms with E-state index in [0.717, 1.165) is 11.6 Å². The van der Waals surface area contributed by atoms with Gasteiger partial charge in [0, 0.05) is 11.6 Å². The molecule has 9 heteroatoms. The van der Waals surface area contributed by atoms with Crippen LogP contribution < -0.4 is 9.47 Å². The summed E-state index contributed by atoms with van der Waals surface area (Å²) in [4.78, 5) is 11.2. The molecule has 0 spiro atoms. The summed E-state index contributed by atoms with van der Waals surface area (Å²) in [6.07, 6.45) is -6.56. The summed E-state index contributed by atoms with van der Waals surface area (Å²) in [5, 5.41) is 8.98. The van der Waals surface area contributed by atoms with Crippen LogP contribution in [0.3, 0.4) is 0 Å². The second-order valence-corrected chi connectivity index (χ2v) is 5.95. The standard InChI is InChI=1S/C18H12ClF3O4.Na.H/c19-14-8-12(25-9-10-4-2-1-3-5-10)6-11-7-13(17(23)24)16(18(20,21)22)26-15(11)14;;/h1-8,16H,9H2,(H,23,24);;. The fraction of sp³-hybridized carbons (Fsp3) is 0.167. The van der Waals surface area contributed by atoms with Crippen LogP contribution in [0.4, 0.5) is 13.2 Å². The summed E-state index contributed by atoms with van der Waals surface area (Å²) >= 11 is 6.02. The molecule has 27 heavy (non-hydrogen) atoms. The molecule has 0 saturated heterocycles. The summed E-state index contributed by atoms with van der Waals surface area (Å²) < 4.78 is 49.7. The first-order chi connectivity index (χ1) is 12.3. The van der Waals surface area contributed by atoms with Crippen LogP contribution in [0.2, 0.25) is 5.02 Å². The Morgan fingerprint density at radius 2 is 1.89 bits per heavy atom. The minimum absolute atomic E-state index is 0. The van der Waals surface area contributed by atoms with Crippen molar-refractivity contribution in [2.75, 3.05) is 0 Å². The summed E-state index contributed by atoms with van der Waals surface area (Å²) in [6, 6.07) is 11.9. The van der Waals surface area contributed by atoms with Crippen LogP contribution in [-0.4, -0.2) is 52.9 Å². The molecule has 0 fully saturated rings. The molecule has 138 valence electrons. The van der Waals surface area contributed by atoms with Crippen molar-refractivity contribution in [3.8, 4) is 11.5 Å². The third-order valence-electron chi connectivity index (χ3n) is 3.67. The molecule has 1 heterocycles. The van der Waals surface area contributed by atoms with Gasteiger partial charge in [-0.1, -0.05) is 41.9 Å². The summed E-state index contributed by atoms with van der Waals surface area (Å²) in [7, 11) is 0. The van der Waals surface area contributed by atoms with Crippen molar-refractivity contribution >= 4 is 53.2 Å². The van der Waals surface area contributed by atoms with Crippen molar-refractivity contribution in [1.29, 1.82) is 0 Å². The van der Waals surface area contributed by atoms with E-state index in [9.17, 15) is 18.0 Å². The quantitative estimate of drug-likeness (QED) is 0.775. The van der Waals surface area contributed by atoms with E-state index in [0.29, 0.717) is 0 Å². The Labute approximate surface area is 179 Å². The Morgan fingerprint density at radius 1 is 1.22 bits per heavy atom. The fourth-order valence-corrected chi connectivity index (χ4v) is 2.75. The maximum absolute atomic E-state index is 13.1. The van der Waals surface area contributed by atoms with Gasteiger partial charge in [0.2, 0.25) is 6.10 Å². The van der Waals surface area contributed by atoms with E-state index in [1.807, 2.05) is 30.3 Å². The molecule has 1 aliphatic heterocycles. The molecule has 1 atom stereocenters. The van der Waals surface area contributed by atoms with E-state index in [4.69, 9.17) is 26.2 Å². The maximum atomic E-state index is 13.1. The average Bonchev–Trinajstić information content (AvgIpc) is 2.59. The molecular formula is C18H13ClF3NaO4. The number of carbonyl (C=O) groups is 1. The van der Waals surface area contributed by atoms with E-state index in [1.54, 1.807) is 0 Å². The van der Waals surface area contributed by atoms with Crippen molar-refractivity contribution < 1.29 is 32.5 Å². The molecule has 0 saturated carbocycles. The van der Waals surface area contributed by atoms with Crippen LogP contribution in [0.5, 0.6) is 11.5 Å². The zero-order valence-corrected chi connectivity index (χ0v) is 13.8. The van der Waals surface area contributed by atoms with E-state index in [2.05, 4.69) is 0 Å². The van der Waals surface area contributed by atoms with Gasteiger partial charge in [-0.15, -0.1) is 0 Å². The van der Waals surface area contributed by atoms with Gasteiger partial charge in [-0.3, -0.25) is 0 Å². The zero-order chi connectivity index (χ0) is 18.9. The summed E-state index contributed by atoms with van der Waals surface area (Å²) in [6.45, 7) is 0.220. The second-order valence-electron chi connectivity index (χ2n) is 5.54. The second kappa shape index (κ2) is 8.56. The molecule has 1 aliphatic rings. The first-order valence-corrected chi connectivity index (χ1v) is 7.82. The van der Waals surface area contributed by atoms with Gasteiger partial charge in [-0.2, -0.15) is 13.2 Å².